The molecule has 4 heteroatoms. The molecule has 4 rings (SSSR count). The Labute approximate surface area is 155 Å². The number of benzene rings is 1. The quantitative estimate of drug-likeness (QED) is 0.853. The molecule has 0 radical (unpaired) electrons. The lowest BCUT2D eigenvalue weighted by molar-refractivity contribution is -0.139. The summed E-state index contributed by atoms with van der Waals surface area (Å²) in [5, 5.41) is 0. The Morgan fingerprint density at radius 1 is 1.08 bits per heavy atom. The Morgan fingerprint density at radius 3 is 2.50 bits per heavy atom. The number of piperidine rings is 2. The number of likely N-dealkylation sites (tertiary alicyclic amines) is 2. The first kappa shape index (κ1) is 17.2. The van der Waals surface area contributed by atoms with E-state index in [2.05, 4.69) is 34.1 Å². The highest BCUT2D eigenvalue weighted by Crippen LogP contribution is 2.45. The summed E-state index contributed by atoms with van der Waals surface area (Å²) in [4.78, 5) is 21.7. The number of rotatable bonds is 3. The molecule has 1 aromatic heterocycles. The zero-order chi connectivity index (χ0) is 18.0. The average molecular weight is 349 g/mol. The van der Waals surface area contributed by atoms with Crippen molar-refractivity contribution in [3.05, 3.63) is 66.0 Å². The van der Waals surface area contributed by atoms with Gasteiger partial charge in [-0.2, -0.15) is 0 Å². The van der Waals surface area contributed by atoms with Crippen molar-refractivity contribution in [3.8, 4) is 0 Å². The molecule has 0 N–H and O–H groups in total. The van der Waals surface area contributed by atoms with Gasteiger partial charge in [0.15, 0.2) is 0 Å². The Bertz CT molecular complexity index is 738. The van der Waals surface area contributed by atoms with Gasteiger partial charge in [-0.15, -0.1) is 0 Å². The maximum atomic E-state index is 12.8. The average Bonchev–Trinajstić information content (AvgIpc) is 2.68. The van der Waals surface area contributed by atoms with Crippen LogP contribution >= 0.6 is 0 Å². The van der Waals surface area contributed by atoms with E-state index in [-0.39, 0.29) is 17.2 Å². The highest BCUT2D eigenvalue weighted by molar-refractivity contribution is 5.84. The van der Waals surface area contributed by atoms with Crippen LogP contribution < -0.4 is 0 Å². The summed E-state index contributed by atoms with van der Waals surface area (Å²) in [6.07, 6.45) is 5.16. The van der Waals surface area contributed by atoms with Crippen LogP contribution in [0.5, 0.6) is 0 Å². The van der Waals surface area contributed by atoms with Crippen molar-refractivity contribution in [2.75, 3.05) is 26.7 Å². The third-order valence-electron chi connectivity index (χ3n) is 6.11. The monoisotopic (exact) mass is 349 g/mol. The summed E-state index contributed by atoms with van der Waals surface area (Å²) < 4.78 is 0. The van der Waals surface area contributed by atoms with Gasteiger partial charge in [0.1, 0.15) is 0 Å². The molecular formula is C22H27N3O. The van der Waals surface area contributed by atoms with Gasteiger partial charge in [0.2, 0.25) is 5.91 Å². The van der Waals surface area contributed by atoms with E-state index < -0.39 is 0 Å². The largest absolute Gasteiger partial charge is 0.345 e. The molecular weight excluding hydrogens is 322 g/mol. The second kappa shape index (κ2) is 7.20. The first-order valence-corrected chi connectivity index (χ1v) is 9.57. The van der Waals surface area contributed by atoms with Crippen molar-refractivity contribution in [2.24, 2.45) is 5.41 Å². The molecule has 2 aromatic rings. The van der Waals surface area contributed by atoms with Crippen molar-refractivity contribution in [3.63, 3.8) is 0 Å². The number of hydrogen-bond donors (Lipinski definition) is 0. The van der Waals surface area contributed by atoms with Gasteiger partial charge in [-0.3, -0.25) is 14.7 Å². The van der Waals surface area contributed by atoms with Crippen LogP contribution in [0.3, 0.4) is 0 Å². The van der Waals surface area contributed by atoms with E-state index in [9.17, 15) is 4.79 Å². The first-order chi connectivity index (χ1) is 12.7. The number of aromatic nitrogens is 1. The molecule has 26 heavy (non-hydrogen) atoms. The maximum Gasteiger partial charge on any atom is 0.229 e. The summed E-state index contributed by atoms with van der Waals surface area (Å²) in [5.74, 6) is 0.287. The lowest BCUT2D eigenvalue weighted by Crippen LogP contribution is -2.52. The van der Waals surface area contributed by atoms with Crippen LogP contribution in [0, 0.1) is 5.41 Å². The predicted molar refractivity (Wildman–Crippen MR) is 103 cm³/mol. The Kier molecular flexibility index (Phi) is 4.77. The summed E-state index contributed by atoms with van der Waals surface area (Å²) in [5.41, 5.74) is 2.56. The number of carbonyl (C=O) groups excluding carboxylic acids is 1. The second-order valence-corrected chi connectivity index (χ2v) is 7.96. The molecule has 4 nitrogen and oxygen atoms in total. The zero-order valence-electron chi connectivity index (χ0n) is 15.5. The Balaban J connectivity index is 1.45. The third-order valence-corrected chi connectivity index (χ3v) is 6.11. The van der Waals surface area contributed by atoms with Gasteiger partial charge in [0, 0.05) is 26.3 Å². The van der Waals surface area contributed by atoms with Gasteiger partial charge in [-0.05, 0) is 55.5 Å². The van der Waals surface area contributed by atoms with Crippen molar-refractivity contribution in [1.82, 2.24) is 14.8 Å². The summed E-state index contributed by atoms with van der Waals surface area (Å²) >= 11 is 0. The molecule has 2 aliphatic rings. The Hall–Kier alpha value is -2.20. The number of nitrogens with zero attached hydrogens (tertiary/aromatic N) is 3. The van der Waals surface area contributed by atoms with E-state index in [0.29, 0.717) is 0 Å². The smallest absolute Gasteiger partial charge is 0.229 e. The normalized spacial score (nSPS) is 23.3. The van der Waals surface area contributed by atoms with Crippen LogP contribution in [-0.4, -0.2) is 47.4 Å². The first-order valence-electron chi connectivity index (χ1n) is 9.57. The molecule has 3 heterocycles. The summed E-state index contributed by atoms with van der Waals surface area (Å²) in [6, 6.07) is 16.4. The highest BCUT2D eigenvalue weighted by Gasteiger charge is 2.44. The second-order valence-electron chi connectivity index (χ2n) is 7.96. The predicted octanol–water partition coefficient (Wildman–Crippen LogP) is 3.31. The standard InChI is InChI=1S/C22H27N3O/c1-24-17-22(15-20(21(24)26)18-7-3-2-4-8-18)10-13-25(14-11-22)16-19-9-5-6-12-23-19/h2-9,12,20H,10-11,13-17H2,1H3. The van der Waals surface area contributed by atoms with Crippen LogP contribution in [0.2, 0.25) is 0 Å². The molecule has 2 saturated heterocycles. The third kappa shape index (κ3) is 3.51. The minimum Gasteiger partial charge on any atom is -0.345 e. The molecule has 1 amide bonds. The van der Waals surface area contributed by atoms with E-state index in [0.717, 1.165) is 51.1 Å². The van der Waals surface area contributed by atoms with Crippen molar-refractivity contribution < 1.29 is 4.79 Å². The SMILES string of the molecule is CN1CC2(CCN(Cc3ccccn3)CC2)CC(c2ccccc2)C1=O. The van der Waals surface area contributed by atoms with E-state index >= 15 is 0 Å². The summed E-state index contributed by atoms with van der Waals surface area (Å²) in [6.45, 7) is 3.99. The minimum atomic E-state index is 0.0114. The lowest BCUT2D eigenvalue weighted by atomic mass is 9.67. The van der Waals surface area contributed by atoms with E-state index in [1.54, 1.807) is 0 Å². The van der Waals surface area contributed by atoms with Gasteiger partial charge in [-0.1, -0.05) is 36.4 Å². The van der Waals surface area contributed by atoms with Gasteiger partial charge in [0.25, 0.3) is 0 Å². The summed E-state index contributed by atoms with van der Waals surface area (Å²) in [7, 11) is 1.97. The van der Waals surface area contributed by atoms with Crippen molar-refractivity contribution >= 4 is 5.91 Å². The van der Waals surface area contributed by atoms with Crippen LogP contribution in [0.1, 0.15) is 36.4 Å². The van der Waals surface area contributed by atoms with Crippen LogP contribution in [0.25, 0.3) is 0 Å². The van der Waals surface area contributed by atoms with Gasteiger partial charge < -0.3 is 4.90 Å². The lowest BCUT2D eigenvalue weighted by Gasteiger charge is -2.49. The molecule has 136 valence electrons. The molecule has 2 aliphatic heterocycles. The van der Waals surface area contributed by atoms with E-state index in [4.69, 9.17) is 0 Å². The van der Waals surface area contributed by atoms with Crippen LogP contribution in [-0.2, 0) is 11.3 Å². The molecule has 0 saturated carbocycles. The molecule has 1 atom stereocenters. The number of pyridine rings is 1. The fourth-order valence-electron chi connectivity index (χ4n) is 4.65. The molecule has 1 aromatic carbocycles. The van der Waals surface area contributed by atoms with Crippen molar-refractivity contribution in [1.29, 1.82) is 0 Å². The molecule has 2 fully saturated rings. The number of carbonyl (C=O) groups is 1. The topological polar surface area (TPSA) is 36.4 Å². The van der Waals surface area contributed by atoms with E-state index in [1.165, 1.54) is 5.56 Å². The maximum absolute atomic E-state index is 12.8. The zero-order valence-corrected chi connectivity index (χ0v) is 15.5. The minimum absolute atomic E-state index is 0.0114. The fraction of sp³-hybridized carbons (Fsp3) is 0.455. The molecule has 1 spiro atoms. The Morgan fingerprint density at radius 2 is 1.81 bits per heavy atom. The highest BCUT2D eigenvalue weighted by atomic mass is 16.2. The number of amides is 1. The molecule has 0 aliphatic carbocycles. The fourth-order valence-corrected chi connectivity index (χ4v) is 4.65. The van der Waals surface area contributed by atoms with Crippen LogP contribution in [0.15, 0.2) is 54.7 Å². The van der Waals surface area contributed by atoms with Gasteiger partial charge in [-0.25, -0.2) is 0 Å². The van der Waals surface area contributed by atoms with Gasteiger partial charge in [0.05, 0.1) is 11.6 Å². The van der Waals surface area contributed by atoms with E-state index in [1.807, 2.05) is 42.4 Å². The number of likely N-dealkylation sites (N-methyl/N-ethyl adjacent to an activating group) is 1. The molecule has 1 unspecified atom stereocenters. The van der Waals surface area contributed by atoms with Crippen LogP contribution in [0.4, 0.5) is 0 Å². The van der Waals surface area contributed by atoms with Crippen molar-refractivity contribution in [2.45, 2.75) is 31.7 Å². The molecule has 0 bridgehead atoms. The van der Waals surface area contributed by atoms with Gasteiger partial charge >= 0.3 is 0 Å². The number of hydrogen-bond acceptors (Lipinski definition) is 3.